The molecule has 0 bridgehead atoms. The number of piperidine rings is 1. The minimum Gasteiger partial charge on any atom is -0.388 e. The molecule has 25 heavy (non-hydrogen) atoms. The first-order valence-electron chi connectivity index (χ1n) is 8.88. The minimum atomic E-state index is -0.349. The summed E-state index contributed by atoms with van der Waals surface area (Å²) in [4.78, 5) is 2.42. The average Bonchev–Trinajstić information content (AvgIpc) is 2.69. The lowest BCUT2D eigenvalue weighted by Gasteiger charge is -2.33. The van der Waals surface area contributed by atoms with E-state index in [9.17, 15) is 5.11 Å². The second-order valence-corrected chi connectivity index (χ2v) is 6.63. The summed E-state index contributed by atoms with van der Waals surface area (Å²) >= 11 is 0. The van der Waals surface area contributed by atoms with E-state index in [1.54, 1.807) is 0 Å². The predicted octanol–water partition coefficient (Wildman–Crippen LogP) is 4.02. The first-order chi connectivity index (χ1) is 12.3. The second kappa shape index (κ2) is 8.62. The molecular formula is C22H24N2O. The quantitative estimate of drug-likeness (QED) is 0.899. The Kier molecular flexibility index (Phi) is 6.00. The third-order valence-corrected chi connectivity index (χ3v) is 4.93. The molecule has 0 aromatic heterocycles. The summed E-state index contributed by atoms with van der Waals surface area (Å²) in [6.07, 6.45) is 5.99. The Hall–Kier alpha value is -2.41. The van der Waals surface area contributed by atoms with Gasteiger partial charge in [0.25, 0.3) is 0 Å². The molecule has 2 aromatic carbocycles. The number of aliphatic hydroxyl groups is 1. The van der Waals surface area contributed by atoms with Gasteiger partial charge >= 0.3 is 0 Å². The summed E-state index contributed by atoms with van der Waals surface area (Å²) in [7, 11) is 0. The monoisotopic (exact) mass is 332 g/mol. The molecule has 1 aliphatic heterocycles. The highest BCUT2D eigenvalue weighted by atomic mass is 16.3. The highest BCUT2D eigenvalue weighted by molar-refractivity contribution is 5.51. The zero-order valence-electron chi connectivity index (χ0n) is 14.4. The fraction of sp³-hybridized carbons (Fsp3) is 0.318. The molecular weight excluding hydrogens is 308 g/mol. The Morgan fingerprint density at radius 3 is 2.40 bits per heavy atom. The van der Waals surface area contributed by atoms with Crippen molar-refractivity contribution in [3.8, 4) is 6.07 Å². The van der Waals surface area contributed by atoms with Crippen molar-refractivity contribution in [2.45, 2.75) is 18.9 Å². The topological polar surface area (TPSA) is 47.3 Å². The average molecular weight is 332 g/mol. The van der Waals surface area contributed by atoms with Gasteiger partial charge in [-0.15, -0.1) is 0 Å². The number of nitriles is 1. The van der Waals surface area contributed by atoms with Crippen LogP contribution in [0.25, 0.3) is 6.08 Å². The summed E-state index contributed by atoms with van der Waals surface area (Å²) in [5.41, 5.74) is 2.84. The van der Waals surface area contributed by atoms with Crippen LogP contribution in [0.4, 0.5) is 0 Å². The molecule has 0 radical (unpaired) electrons. The van der Waals surface area contributed by atoms with Gasteiger partial charge in [-0.3, -0.25) is 4.90 Å². The van der Waals surface area contributed by atoms with Gasteiger partial charge in [0, 0.05) is 6.54 Å². The van der Waals surface area contributed by atoms with E-state index >= 15 is 0 Å². The van der Waals surface area contributed by atoms with Gasteiger partial charge in [0.2, 0.25) is 0 Å². The van der Waals surface area contributed by atoms with Crippen LogP contribution in [-0.4, -0.2) is 29.6 Å². The van der Waals surface area contributed by atoms with E-state index in [1.807, 2.05) is 54.6 Å². The highest BCUT2D eigenvalue weighted by Gasteiger charge is 2.25. The van der Waals surface area contributed by atoms with Crippen LogP contribution in [0.2, 0.25) is 0 Å². The van der Waals surface area contributed by atoms with Gasteiger partial charge in [-0.1, -0.05) is 54.6 Å². The standard InChI is InChI=1S/C22H24N2O/c23-17-19-10-8-18(9-11-19)5-4-14-24-15-12-21(13-16-24)22(25)20-6-2-1-3-7-20/h1-11,21-22,25H,12-16H2/b5-4+. The van der Waals surface area contributed by atoms with Crippen LogP contribution in [0.15, 0.2) is 60.7 Å². The Morgan fingerprint density at radius 2 is 1.76 bits per heavy atom. The van der Waals surface area contributed by atoms with Gasteiger partial charge in [0.05, 0.1) is 17.7 Å². The molecule has 1 saturated heterocycles. The third kappa shape index (κ3) is 4.79. The van der Waals surface area contributed by atoms with Crippen molar-refractivity contribution in [3.05, 3.63) is 77.4 Å². The van der Waals surface area contributed by atoms with E-state index in [1.165, 1.54) is 0 Å². The van der Waals surface area contributed by atoms with Crippen LogP contribution >= 0.6 is 0 Å². The fourth-order valence-electron chi connectivity index (χ4n) is 3.38. The van der Waals surface area contributed by atoms with Crippen LogP contribution in [0.3, 0.4) is 0 Å². The van der Waals surface area contributed by atoms with E-state index < -0.39 is 0 Å². The number of likely N-dealkylation sites (tertiary alicyclic amines) is 1. The molecule has 0 aliphatic carbocycles. The molecule has 1 aliphatic rings. The molecule has 0 spiro atoms. The molecule has 1 N–H and O–H groups in total. The first kappa shape index (κ1) is 17.4. The Bertz CT molecular complexity index is 723. The smallest absolute Gasteiger partial charge is 0.0991 e. The summed E-state index contributed by atoms with van der Waals surface area (Å²) in [5.74, 6) is 0.348. The summed E-state index contributed by atoms with van der Waals surface area (Å²) in [6, 6.07) is 19.7. The van der Waals surface area contributed by atoms with E-state index in [0.29, 0.717) is 11.5 Å². The number of benzene rings is 2. The van der Waals surface area contributed by atoms with E-state index in [0.717, 1.165) is 43.6 Å². The van der Waals surface area contributed by atoms with E-state index in [4.69, 9.17) is 5.26 Å². The molecule has 1 atom stereocenters. The van der Waals surface area contributed by atoms with Gasteiger partial charge in [-0.05, 0) is 55.1 Å². The Balaban J connectivity index is 1.46. The summed E-state index contributed by atoms with van der Waals surface area (Å²) in [6.45, 7) is 2.96. The molecule has 0 saturated carbocycles. The SMILES string of the molecule is N#Cc1ccc(/C=C/CN2CCC(C(O)c3ccccc3)CC2)cc1. The van der Waals surface area contributed by atoms with Crippen LogP contribution in [0.5, 0.6) is 0 Å². The van der Waals surface area contributed by atoms with E-state index in [2.05, 4.69) is 23.1 Å². The lowest BCUT2D eigenvalue weighted by molar-refractivity contribution is 0.0621. The van der Waals surface area contributed by atoms with Crippen LogP contribution in [0.1, 0.15) is 35.6 Å². The molecule has 3 rings (SSSR count). The maximum absolute atomic E-state index is 10.5. The fourth-order valence-corrected chi connectivity index (χ4v) is 3.38. The number of rotatable bonds is 5. The largest absolute Gasteiger partial charge is 0.388 e. The van der Waals surface area contributed by atoms with Gasteiger partial charge in [0.1, 0.15) is 0 Å². The van der Waals surface area contributed by atoms with Crippen molar-refractivity contribution in [3.63, 3.8) is 0 Å². The number of hydrogen-bond donors (Lipinski definition) is 1. The van der Waals surface area contributed by atoms with Gasteiger partial charge in [-0.25, -0.2) is 0 Å². The lowest BCUT2D eigenvalue weighted by Crippen LogP contribution is -2.35. The van der Waals surface area contributed by atoms with Crippen LogP contribution < -0.4 is 0 Å². The van der Waals surface area contributed by atoms with Crippen molar-refractivity contribution in [2.75, 3.05) is 19.6 Å². The molecule has 1 fully saturated rings. The van der Waals surface area contributed by atoms with Crippen LogP contribution in [-0.2, 0) is 0 Å². The normalized spacial score (nSPS) is 17.4. The molecule has 0 amide bonds. The van der Waals surface area contributed by atoms with E-state index in [-0.39, 0.29) is 6.10 Å². The third-order valence-electron chi connectivity index (χ3n) is 4.93. The van der Waals surface area contributed by atoms with Crippen molar-refractivity contribution >= 4 is 6.08 Å². The number of nitrogens with zero attached hydrogens (tertiary/aromatic N) is 2. The first-order valence-corrected chi connectivity index (χ1v) is 8.88. The summed E-state index contributed by atoms with van der Waals surface area (Å²) < 4.78 is 0. The van der Waals surface area contributed by atoms with Crippen molar-refractivity contribution in [1.82, 2.24) is 4.90 Å². The molecule has 1 unspecified atom stereocenters. The molecule has 3 nitrogen and oxygen atoms in total. The Morgan fingerprint density at radius 1 is 1.08 bits per heavy atom. The lowest BCUT2D eigenvalue weighted by atomic mass is 9.87. The molecule has 2 aromatic rings. The zero-order chi connectivity index (χ0) is 17.5. The summed E-state index contributed by atoms with van der Waals surface area (Å²) in [5, 5.41) is 19.4. The second-order valence-electron chi connectivity index (χ2n) is 6.63. The van der Waals surface area contributed by atoms with Gasteiger partial charge in [0.15, 0.2) is 0 Å². The maximum atomic E-state index is 10.5. The van der Waals surface area contributed by atoms with Gasteiger partial charge in [-0.2, -0.15) is 5.26 Å². The van der Waals surface area contributed by atoms with Gasteiger partial charge < -0.3 is 5.11 Å². The zero-order valence-corrected chi connectivity index (χ0v) is 14.4. The number of aliphatic hydroxyl groups excluding tert-OH is 1. The predicted molar refractivity (Wildman–Crippen MR) is 101 cm³/mol. The van der Waals surface area contributed by atoms with Crippen molar-refractivity contribution in [2.24, 2.45) is 5.92 Å². The highest BCUT2D eigenvalue weighted by Crippen LogP contribution is 2.30. The minimum absolute atomic E-state index is 0.348. The molecule has 1 heterocycles. The van der Waals surface area contributed by atoms with Crippen molar-refractivity contribution < 1.29 is 5.11 Å². The van der Waals surface area contributed by atoms with Crippen molar-refractivity contribution in [1.29, 1.82) is 5.26 Å². The number of hydrogen-bond acceptors (Lipinski definition) is 3. The molecule has 3 heteroatoms. The Labute approximate surface area is 149 Å². The maximum Gasteiger partial charge on any atom is 0.0991 e. The van der Waals surface area contributed by atoms with Crippen LogP contribution in [0, 0.1) is 17.2 Å². The molecule has 128 valence electrons.